The number of methoxy groups -OCH3 is 1. The summed E-state index contributed by atoms with van der Waals surface area (Å²) in [4.78, 5) is 0. The van der Waals surface area contributed by atoms with Crippen LogP contribution >= 0.6 is 0 Å². The first kappa shape index (κ1) is 10.9. The molecule has 78 valence electrons. The lowest BCUT2D eigenvalue weighted by atomic mass is 10.2. The van der Waals surface area contributed by atoms with Gasteiger partial charge in [0.1, 0.15) is 5.75 Å². The van der Waals surface area contributed by atoms with Gasteiger partial charge in [0.05, 0.1) is 13.2 Å². The molecule has 0 saturated heterocycles. The average molecular weight is 195 g/mol. The lowest BCUT2D eigenvalue weighted by molar-refractivity contribution is 0.208. The summed E-state index contributed by atoms with van der Waals surface area (Å²) in [5.41, 5.74) is 2.15. The van der Waals surface area contributed by atoms with Crippen LogP contribution in [0.3, 0.4) is 0 Å². The minimum Gasteiger partial charge on any atom is -0.497 e. The van der Waals surface area contributed by atoms with E-state index in [4.69, 9.17) is 9.84 Å². The lowest BCUT2D eigenvalue weighted by Gasteiger charge is -2.11. The molecule has 1 atom stereocenters. The van der Waals surface area contributed by atoms with E-state index >= 15 is 0 Å². The van der Waals surface area contributed by atoms with Crippen LogP contribution in [0.4, 0.5) is 5.69 Å². The van der Waals surface area contributed by atoms with E-state index in [0.717, 1.165) is 17.0 Å². The van der Waals surface area contributed by atoms with E-state index in [2.05, 4.69) is 5.32 Å². The zero-order valence-corrected chi connectivity index (χ0v) is 8.87. The Hall–Kier alpha value is -1.22. The lowest BCUT2D eigenvalue weighted by Crippen LogP contribution is -2.15. The van der Waals surface area contributed by atoms with Crippen LogP contribution in [0.1, 0.15) is 12.5 Å². The fraction of sp³-hybridized carbons (Fsp3) is 0.455. The fourth-order valence-corrected chi connectivity index (χ4v) is 1.22. The molecule has 0 aliphatic heterocycles. The predicted octanol–water partition coefficient (Wildman–Crippen LogP) is 1.80. The zero-order chi connectivity index (χ0) is 10.6. The van der Waals surface area contributed by atoms with Crippen molar-refractivity contribution in [3.63, 3.8) is 0 Å². The van der Waals surface area contributed by atoms with Gasteiger partial charge in [-0.2, -0.15) is 0 Å². The number of anilines is 1. The predicted molar refractivity (Wildman–Crippen MR) is 57.9 cm³/mol. The van der Waals surface area contributed by atoms with Crippen LogP contribution in [0.5, 0.6) is 5.75 Å². The van der Waals surface area contributed by atoms with Crippen molar-refractivity contribution in [1.29, 1.82) is 0 Å². The maximum Gasteiger partial charge on any atom is 0.119 e. The topological polar surface area (TPSA) is 41.5 Å². The van der Waals surface area contributed by atoms with Crippen molar-refractivity contribution in [3.05, 3.63) is 23.8 Å². The smallest absolute Gasteiger partial charge is 0.119 e. The highest BCUT2D eigenvalue weighted by Crippen LogP contribution is 2.20. The van der Waals surface area contributed by atoms with Gasteiger partial charge in [0.15, 0.2) is 0 Å². The van der Waals surface area contributed by atoms with Crippen molar-refractivity contribution in [2.24, 2.45) is 0 Å². The molecule has 3 nitrogen and oxygen atoms in total. The van der Waals surface area contributed by atoms with Gasteiger partial charge in [0.2, 0.25) is 0 Å². The SMILES string of the molecule is COc1ccc(NC[C@@H](C)O)c(C)c1. The molecule has 1 aromatic carbocycles. The van der Waals surface area contributed by atoms with Gasteiger partial charge in [0, 0.05) is 12.2 Å². The van der Waals surface area contributed by atoms with E-state index in [9.17, 15) is 0 Å². The summed E-state index contributed by atoms with van der Waals surface area (Å²) < 4.78 is 5.10. The molecule has 1 rings (SSSR count). The van der Waals surface area contributed by atoms with Crippen molar-refractivity contribution >= 4 is 5.69 Å². The van der Waals surface area contributed by atoms with Crippen LogP contribution in [0.25, 0.3) is 0 Å². The molecule has 0 heterocycles. The number of nitrogens with one attached hydrogen (secondary N) is 1. The molecular weight excluding hydrogens is 178 g/mol. The first-order valence-electron chi connectivity index (χ1n) is 4.70. The maximum absolute atomic E-state index is 9.12. The standard InChI is InChI=1S/C11H17NO2/c1-8-6-10(14-3)4-5-11(8)12-7-9(2)13/h4-6,9,12-13H,7H2,1-3H3/t9-/m1/s1. The highest BCUT2D eigenvalue weighted by molar-refractivity contribution is 5.53. The van der Waals surface area contributed by atoms with E-state index in [1.165, 1.54) is 0 Å². The summed E-state index contributed by atoms with van der Waals surface area (Å²) in [6, 6.07) is 5.82. The van der Waals surface area contributed by atoms with Crippen molar-refractivity contribution < 1.29 is 9.84 Å². The Morgan fingerprint density at radius 3 is 2.71 bits per heavy atom. The Kier molecular flexibility index (Phi) is 3.77. The van der Waals surface area contributed by atoms with Crippen LogP contribution in [-0.2, 0) is 0 Å². The Balaban J connectivity index is 2.69. The van der Waals surface area contributed by atoms with Crippen LogP contribution in [0.15, 0.2) is 18.2 Å². The van der Waals surface area contributed by atoms with Crippen LogP contribution in [0.2, 0.25) is 0 Å². The molecule has 0 radical (unpaired) electrons. The van der Waals surface area contributed by atoms with Crippen LogP contribution in [0, 0.1) is 6.92 Å². The molecule has 1 aromatic rings. The Labute approximate surface area is 84.7 Å². The van der Waals surface area contributed by atoms with Crippen LogP contribution < -0.4 is 10.1 Å². The monoisotopic (exact) mass is 195 g/mol. The van der Waals surface area contributed by atoms with Crippen molar-refractivity contribution in [2.75, 3.05) is 19.0 Å². The number of rotatable bonds is 4. The summed E-state index contributed by atoms with van der Waals surface area (Å²) >= 11 is 0. The highest BCUT2D eigenvalue weighted by atomic mass is 16.5. The number of aliphatic hydroxyl groups is 1. The molecule has 0 aliphatic rings. The molecule has 0 amide bonds. The molecule has 3 heteroatoms. The minimum absolute atomic E-state index is 0.337. The fourth-order valence-electron chi connectivity index (χ4n) is 1.22. The molecular formula is C11H17NO2. The molecule has 0 aromatic heterocycles. The van der Waals surface area contributed by atoms with E-state index in [-0.39, 0.29) is 6.10 Å². The molecule has 0 spiro atoms. The van der Waals surface area contributed by atoms with Crippen molar-refractivity contribution in [3.8, 4) is 5.75 Å². The van der Waals surface area contributed by atoms with Gasteiger partial charge < -0.3 is 15.2 Å². The minimum atomic E-state index is -0.337. The van der Waals surface area contributed by atoms with Gasteiger partial charge in [-0.3, -0.25) is 0 Å². The quantitative estimate of drug-likeness (QED) is 0.769. The van der Waals surface area contributed by atoms with E-state index in [1.54, 1.807) is 14.0 Å². The second-order valence-electron chi connectivity index (χ2n) is 3.41. The highest BCUT2D eigenvalue weighted by Gasteiger charge is 2.01. The number of hydrogen-bond acceptors (Lipinski definition) is 3. The third kappa shape index (κ3) is 2.92. The zero-order valence-electron chi connectivity index (χ0n) is 8.87. The summed E-state index contributed by atoms with van der Waals surface area (Å²) in [5, 5.41) is 12.3. The molecule has 2 N–H and O–H groups in total. The number of benzene rings is 1. The van der Waals surface area contributed by atoms with Crippen molar-refractivity contribution in [1.82, 2.24) is 0 Å². The second-order valence-corrected chi connectivity index (χ2v) is 3.41. The van der Waals surface area contributed by atoms with Gasteiger partial charge in [-0.1, -0.05) is 0 Å². The number of aliphatic hydroxyl groups excluding tert-OH is 1. The van der Waals surface area contributed by atoms with Crippen molar-refractivity contribution in [2.45, 2.75) is 20.0 Å². The van der Waals surface area contributed by atoms with Gasteiger partial charge >= 0.3 is 0 Å². The first-order valence-corrected chi connectivity index (χ1v) is 4.70. The summed E-state index contributed by atoms with van der Waals surface area (Å²) in [5.74, 6) is 0.852. The van der Waals surface area contributed by atoms with Gasteiger partial charge in [-0.15, -0.1) is 0 Å². The molecule has 0 aliphatic carbocycles. The number of ether oxygens (including phenoxy) is 1. The molecule has 0 bridgehead atoms. The molecule has 0 unspecified atom stereocenters. The summed E-state index contributed by atoms with van der Waals surface area (Å²) in [6.07, 6.45) is -0.337. The Morgan fingerprint density at radius 1 is 1.50 bits per heavy atom. The second kappa shape index (κ2) is 4.86. The van der Waals surface area contributed by atoms with E-state index < -0.39 is 0 Å². The molecule has 0 fully saturated rings. The summed E-state index contributed by atoms with van der Waals surface area (Å²) in [6.45, 7) is 4.33. The summed E-state index contributed by atoms with van der Waals surface area (Å²) in [7, 11) is 1.65. The molecule has 0 saturated carbocycles. The third-order valence-corrected chi connectivity index (χ3v) is 2.02. The van der Waals surface area contributed by atoms with Gasteiger partial charge in [-0.05, 0) is 37.6 Å². The van der Waals surface area contributed by atoms with E-state index in [0.29, 0.717) is 6.54 Å². The third-order valence-electron chi connectivity index (χ3n) is 2.02. The van der Waals surface area contributed by atoms with Crippen LogP contribution in [-0.4, -0.2) is 24.9 Å². The number of aryl methyl sites for hydroxylation is 1. The Bertz CT molecular complexity index is 297. The normalized spacial score (nSPS) is 12.3. The average Bonchev–Trinajstić information content (AvgIpc) is 2.15. The van der Waals surface area contributed by atoms with Gasteiger partial charge in [-0.25, -0.2) is 0 Å². The number of hydrogen-bond donors (Lipinski definition) is 2. The van der Waals surface area contributed by atoms with E-state index in [1.807, 2.05) is 25.1 Å². The largest absolute Gasteiger partial charge is 0.497 e. The first-order chi connectivity index (χ1) is 6.63. The Morgan fingerprint density at radius 2 is 2.21 bits per heavy atom. The maximum atomic E-state index is 9.12. The van der Waals surface area contributed by atoms with Gasteiger partial charge in [0.25, 0.3) is 0 Å². The molecule has 14 heavy (non-hydrogen) atoms.